The summed E-state index contributed by atoms with van der Waals surface area (Å²) in [4.78, 5) is 26.1. The molecule has 1 amide bonds. The molecular weight excluding hydrogens is 322 g/mol. The lowest BCUT2D eigenvalue weighted by molar-refractivity contribution is -0.00295. The Balaban J connectivity index is 1.69. The number of carbonyl (C=O) groups excluding carboxylic acids is 1. The second-order valence-electron chi connectivity index (χ2n) is 5.66. The molecule has 2 heterocycles. The van der Waals surface area contributed by atoms with Gasteiger partial charge in [0.1, 0.15) is 17.5 Å². The van der Waals surface area contributed by atoms with Gasteiger partial charge in [-0.05, 0) is 30.3 Å². The highest BCUT2D eigenvalue weighted by molar-refractivity contribution is 5.92. The number of H-pyrrole nitrogens is 1. The molecule has 2 N–H and O–H groups in total. The van der Waals surface area contributed by atoms with E-state index in [1.54, 1.807) is 24.3 Å². The first kappa shape index (κ1) is 16.7. The summed E-state index contributed by atoms with van der Waals surface area (Å²) >= 11 is 0. The van der Waals surface area contributed by atoms with Crippen molar-refractivity contribution in [1.82, 2.24) is 10.3 Å². The van der Waals surface area contributed by atoms with Gasteiger partial charge in [-0.15, -0.1) is 0 Å². The van der Waals surface area contributed by atoms with Crippen LogP contribution < -0.4 is 15.6 Å². The molecule has 7 heteroatoms. The topological polar surface area (TPSA) is 104 Å². The summed E-state index contributed by atoms with van der Waals surface area (Å²) in [5.74, 6) is 0.236. The van der Waals surface area contributed by atoms with Crippen molar-refractivity contribution < 1.29 is 14.3 Å². The first-order chi connectivity index (χ1) is 12.2. The van der Waals surface area contributed by atoms with E-state index in [1.165, 1.54) is 18.2 Å². The molecule has 0 aliphatic carbocycles. The minimum absolute atomic E-state index is 0.190. The third-order valence-corrected chi connectivity index (χ3v) is 3.89. The molecule has 1 aliphatic rings. The highest BCUT2D eigenvalue weighted by atomic mass is 16.5. The highest BCUT2D eigenvalue weighted by Gasteiger charge is 2.29. The molecule has 128 valence electrons. The SMILES string of the molecule is N#Cc1ccc(O[C@@H]2CCOC[C@H]2NC(=O)c2cccc(=O)[nH]2)cc1. The molecule has 0 spiro atoms. The second-order valence-corrected chi connectivity index (χ2v) is 5.66. The van der Waals surface area contributed by atoms with Crippen molar-refractivity contribution >= 4 is 5.91 Å². The number of amides is 1. The quantitative estimate of drug-likeness (QED) is 0.871. The van der Waals surface area contributed by atoms with Gasteiger partial charge in [-0.2, -0.15) is 5.26 Å². The molecule has 1 aliphatic heterocycles. The first-order valence-electron chi connectivity index (χ1n) is 7.90. The minimum Gasteiger partial charge on any atom is -0.488 e. The number of carbonyl (C=O) groups is 1. The maximum absolute atomic E-state index is 12.3. The summed E-state index contributed by atoms with van der Waals surface area (Å²) in [5.41, 5.74) is 0.408. The molecular formula is C18H17N3O4. The van der Waals surface area contributed by atoms with Gasteiger partial charge in [0.15, 0.2) is 0 Å². The molecule has 1 fully saturated rings. The molecule has 7 nitrogen and oxygen atoms in total. The van der Waals surface area contributed by atoms with Gasteiger partial charge in [0, 0.05) is 12.5 Å². The van der Waals surface area contributed by atoms with Crippen molar-refractivity contribution in [3.8, 4) is 11.8 Å². The Bertz CT molecular complexity index is 838. The van der Waals surface area contributed by atoms with E-state index in [0.717, 1.165) is 0 Å². The number of aromatic nitrogens is 1. The van der Waals surface area contributed by atoms with Crippen molar-refractivity contribution in [2.45, 2.75) is 18.6 Å². The van der Waals surface area contributed by atoms with Crippen LogP contribution in [0.2, 0.25) is 0 Å². The number of pyridine rings is 1. The fourth-order valence-corrected chi connectivity index (χ4v) is 2.60. The van der Waals surface area contributed by atoms with Gasteiger partial charge in [0.25, 0.3) is 5.91 Å². The minimum atomic E-state index is -0.387. The molecule has 0 saturated carbocycles. The average molecular weight is 339 g/mol. The van der Waals surface area contributed by atoms with Crippen molar-refractivity contribution in [3.63, 3.8) is 0 Å². The van der Waals surface area contributed by atoms with Crippen LogP contribution in [0.25, 0.3) is 0 Å². The van der Waals surface area contributed by atoms with Gasteiger partial charge >= 0.3 is 0 Å². The second kappa shape index (κ2) is 7.64. The molecule has 0 unspecified atom stereocenters. The lowest BCUT2D eigenvalue weighted by atomic mass is 10.1. The summed E-state index contributed by atoms with van der Waals surface area (Å²) in [7, 11) is 0. The van der Waals surface area contributed by atoms with E-state index in [-0.39, 0.29) is 29.3 Å². The Morgan fingerprint density at radius 2 is 2.08 bits per heavy atom. The molecule has 2 atom stereocenters. The lowest BCUT2D eigenvalue weighted by Gasteiger charge is -2.32. The third-order valence-electron chi connectivity index (χ3n) is 3.89. The number of aromatic amines is 1. The van der Waals surface area contributed by atoms with Crippen molar-refractivity contribution in [3.05, 3.63) is 64.1 Å². The number of ether oxygens (including phenoxy) is 2. The molecule has 1 saturated heterocycles. The lowest BCUT2D eigenvalue weighted by Crippen LogP contribution is -2.52. The Labute approximate surface area is 144 Å². The Morgan fingerprint density at radius 1 is 1.28 bits per heavy atom. The standard InChI is InChI=1S/C18H17N3O4/c19-10-12-4-6-13(7-5-12)25-16-8-9-24-11-15(16)21-18(23)14-2-1-3-17(22)20-14/h1-7,15-16H,8-9,11H2,(H,20,22)(H,21,23)/t15-,16-/m1/s1. The Hall–Kier alpha value is -3.11. The first-order valence-corrected chi connectivity index (χ1v) is 7.90. The zero-order valence-corrected chi connectivity index (χ0v) is 13.4. The largest absolute Gasteiger partial charge is 0.488 e. The van der Waals surface area contributed by atoms with Crippen molar-refractivity contribution in [2.24, 2.45) is 0 Å². The Morgan fingerprint density at radius 3 is 2.80 bits per heavy atom. The van der Waals surface area contributed by atoms with E-state index in [9.17, 15) is 9.59 Å². The van der Waals surface area contributed by atoms with Crippen LogP contribution >= 0.6 is 0 Å². The predicted molar refractivity (Wildman–Crippen MR) is 89.3 cm³/mol. The summed E-state index contributed by atoms with van der Waals surface area (Å²) in [6.45, 7) is 0.860. The number of hydrogen-bond acceptors (Lipinski definition) is 5. The van der Waals surface area contributed by atoms with Gasteiger partial charge in [0.2, 0.25) is 5.56 Å². The summed E-state index contributed by atoms with van der Waals surface area (Å²) in [5, 5.41) is 11.7. The van der Waals surface area contributed by atoms with Gasteiger partial charge in [0.05, 0.1) is 30.9 Å². The van der Waals surface area contributed by atoms with E-state index < -0.39 is 0 Å². The molecule has 0 bridgehead atoms. The number of nitrogens with zero attached hydrogens (tertiary/aromatic N) is 1. The van der Waals surface area contributed by atoms with E-state index in [0.29, 0.717) is 30.9 Å². The zero-order chi connectivity index (χ0) is 17.6. The maximum Gasteiger partial charge on any atom is 0.268 e. The van der Waals surface area contributed by atoms with Crippen LogP contribution in [-0.2, 0) is 4.74 Å². The van der Waals surface area contributed by atoms with Gasteiger partial charge in [-0.25, -0.2) is 0 Å². The van der Waals surface area contributed by atoms with Crippen LogP contribution in [0.15, 0.2) is 47.3 Å². The van der Waals surface area contributed by atoms with Crippen LogP contribution in [0, 0.1) is 11.3 Å². The van der Waals surface area contributed by atoms with E-state index in [2.05, 4.69) is 16.4 Å². The molecule has 3 rings (SSSR count). The summed E-state index contributed by atoms with van der Waals surface area (Å²) in [6.07, 6.45) is 0.358. The monoisotopic (exact) mass is 339 g/mol. The van der Waals surface area contributed by atoms with Crippen LogP contribution in [0.5, 0.6) is 5.75 Å². The van der Waals surface area contributed by atoms with E-state index in [1.807, 2.05) is 0 Å². The molecule has 0 radical (unpaired) electrons. The van der Waals surface area contributed by atoms with Gasteiger partial charge in [-0.1, -0.05) is 6.07 Å². The van der Waals surface area contributed by atoms with Crippen LogP contribution in [0.3, 0.4) is 0 Å². The third kappa shape index (κ3) is 4.25. The molecule has 25 heavy (non-hydrogen) atoms. The van der Waals surface area contributed by atoms with Crippen molar-refractivity contribution in [1.29, 1.82) is 5.26 Å². The molecule has 2 aromatic rings. The van der Waals surface area contributed by atoms with Crippen LogP contribution in [0.1, 0.15) is 22.5 Å². The number of nitriles is 1. The molecule has 1 aromatic carbocycles. The normalized spacial score (nSPS) is 19.6. The van der Waals surface area contributed by atoms with Crippen molar-refractivity contribution in [2.75, 3.05) is 13.2 Å². The van der Waals surface area contributed by atoms with E-state index >= 15 is 0 Å². The number of rotatable bonds is 4. The number of benzene rings is 1. The fraction of sp³-hybridized carbons (Fsp3) is 0.278. The average Bonchev–Trinajstić information content (AvgIpc) is 2.64. The smallest absolute Gasteiger partial charge is 0.268 e. The molecule has 1 aromatic heterocycles. The fourth-order valence-electron chi connectivity index (χ4n) is 2.60. The van der Waals surface area contributed by atoms with Gasteiger partial charge in [-0.3, -0.25) is 9.59 Å². The predicted octanol–water partition coefficient (Wildman–Crippen LogP) is 1.21. The maximum atomic E-state index is 12.3. The van der Waals surface area contributed by atoms with Crippen LogP contribution in [0.4, 0.5) is 0 Å². The highest BCUT2D eigenvalue weighted by Crippen LogP contribution is 2.19. The van der Waals surface area contributed by atoms with Crippen LogP contribution in [-0.4, -0.2) is 36.3 Å². The zero-order valence-electron chi connectivity index (χ0n) is 13.4. The Kier molecular flexibility index (Phi) is 5.11. The summed E-state index contributed by atoms with van der Waals surface area (Å²) in [6, 6.07) is 12.9. The summed E-state index contributed by atoms with van der Waals surface area (Å²) < 4.78 is 11.4. The van der Waals surface area contributed by atoms with E-state index in [4.69, 9.17) is 14.7 Å². The van der Waals surface area contributed by atoms with Gasteiger partial charge < -0.3 is 19.8 Å². The number of hydrogen-bond donors (Lipinski definition) is 2. The number of nitrogens with one attached hydrogen (secondary N) is 2.